The number of imidazole rings is 2. The average molecular weight is 495 g/mol. The van der Waals surface area contributed by atoms with Gasteiger partial charge in [0.1, 0.15) is 23.1 Å². The molecule has 0 fully saturated rings. The summed E-state index contributed by atoms with van der Waals surface area (Å²) in [6.45, 7) is 3.87. The fraction of sp³-hybridized carbons (Fsp3) is 0.0714. The van der Waals surface area contributed by atoms with E-state index < -0.39 is 9.84 Å². The fourth-order valence-corrected chi connectivity index (χ4v) is 5.45. The van der Waals surface area contributed by atoms with Crippen molar-refractivity contribution in [3.05, 3.63) is 96.3 Å². The van der Waals surface area contributed by atoms with Crippen LogP contribution in [-0.4, -0.2) is 28.4 Å². The van der Waals surface area contributed by atoms with Gasteiger partial charge in [0.25, 0.3) is 0 Å². The van der Waals surface area contributed by atoms with Crippen molar-refractivity contribution in [1.29, 1.82) is 0 Å². The van der Waals surface area contributed by atoms with Gasteiger partial charge in [-0.15, -0.1) is 0 Å². The van der Waals surface area contributed by atoms with Gasteiger partial charge < -0.3 is 14.7 Å². The summed E-state index contributed by atoms with van der Waals surface area (Å²) < 4.78 is 32.6. The van der Waals surface area contributed by atoms with Crippen LogP contribution in [0.3, 0.4) is 0 Å². The molecule has 0 spiro atoms. The van der Waals surface area contributed by atoms with Gasteiger partial charge in [-0.1, -0.05) is 17.7 Å². The molecule has 7 nitrogen and oxygen atoms in total. The van der Waals surface area contributed by atoms with Gasteiger partial charge in [0, 0.05) is 5.56 Å². The first-order chi connectivity index (χ1) is 17.3. The molecular weight excluding hydrogens is 472 g/mol. The van der Waals surface area contributed by atoms with Gasteiger partial charge in [-0.2, -0.15) is 0 Å². The molecule has 0 saturated carbocycles. The third kappa shape index (κ3) is 4.01. The lowest BCUT2D eigenvalue weighted by atomic mass is 10.2. The Morgan fingerprint density at radius 3 is 1.86 bits per heavy atom. The predicted molar refractivity (Wildman–Crippen MR) is 139 cm³/mol. The Morgan fingerprint density at radius 1 is 0.667 bits per heavy atom. The van der Waals surface area contributed by atoms with Crippen molar-refractivity contribution in [1.82, 2.24) is 19.9 Å². The standard InChI is InChI=1S/C28H22N4O3S/c1-17-3-7-20(8-4-17)35-21-9-5-19(6-10-21)28-31-25-14-12-23(16-27(25)32-28)36(33,34)22-11-13-24-26(15-22)30-18(2)29-24/h3-16H,1-2H3,(H,29,30)(H,31,32). The summed E-state index contributed by atoms with van der Waals surface area (Å²) in [5.41, 5.74) is 4.79. The Morgan fingerprint density at radius 2 is 1.22 bits per heavy atom. The molecule has 2 aromatic heterocycles. The van der Waals surface area contributed by atoms with Crippen LogP contribution in [0.25, 0.3) is 33.5 Å². The molecule has 178 valence electrons. The van der Waals surface area contributed by atoms with Gasteiger partial charge in [0.05, 0.1) is 31.9 Å². The van der Waals surface area contributed by atoms with Gasteiger partial charge in [-0.25, -0.2) is 18.4 Å². The van der Waals surface area contributed by atoms with Crippen LogP contribution in [0.2, 0.25) is 0 Å². The van der Waals surface area contributed by atoms with Crippen molar-refractivity contribution in [3.63, 3.8) is 0 Å². The Labute approximate surface area is 207 Å². The van der Waals surface area contributed by atoms with Crippen molar-refractivity contribution in [3.8, 4) is 22.9 Å². The second-order valence-electron chi connectivity index (χ2n) is 8.71. The number of hydrogen-bond donors (Lipinski definition) is 2. The number of fused-ring (bicyclic) bond motifs is 2. The van der Waals surface area contributed by atoms with Crippen LogP contribution in [0.15, 0.2) is 94.7 Å². The molecule has 0 bridgehead atoms. The van der Waals surface area contributed by atoms with Gasteiger partial charge in [0.2, 0.25) is 9.84 Å². The van der Waals surface area contributed by atoms with E-state index in [0.29, 0.717) is 22.4 Å². The van der Waals surface area contributed by atoms with E-state index in [9.17, 15) is 8.42 Å². The van der Waals surface area contributed by atoms with Crippen LogP contribution < -0.4 is 4.74 Å². The number of H-pyrrole nitrogens is 2. The molecule has 4 aromatic carbocycles. The summed E-state index contributed by atoms with van der Waals surface area (Å²) in [7, 11) is -3.72. The maximum absolute atomic E-state index is 13.3. The second-order valence-corrected chi connectivity index (χ2v) is 10.7. The van der Waals surface area contributed by atoms with Crippen molar-refractivity contribution >= 4 is 31.9 Å². The Hall–Kier alpha value is -4.43. The summed E-state index contributed by atoms with van der Waals surface area (Å²) >= 11 is 0. The minimum atomic E-state index is -3.72. The van der Waals surface area contributed by atoms with E-state index >= 15 is 0 Å². The lowest BCUT2D eigenvalue weighted by Gasteiger charge is -2.06. The first kappa shape index (κ1) is 22.1. The molecule has 6 rings (SSSR count). The first-order valence-corrected chi connectivity index (χ1v) is 12.9. The fourth-order valence-electron chi connectivity index (χ4n) is 4.14. The van der Waals surface area contributed by atoms with Crippen molar-refractivity contribution in [2.45, 2.75) is 23.6 Å². The number of benzene rings is 4. The van der Waals surface area contributed by atoms with Crippen LogP contribution in [0.5, 0.6) is 11.5 Å². The molecule has 0 amide bonds. The number of sulfone groups is 1. The average Bonchev–Trinajstić information content (AvgIpc) is 3.47. The SMILES string of the molecule is Cc1ccc(Oc2ccc(-c3nc4ccc(S(=O)(=O)c5ccc6nc(C)[nH]c6c5)cc4[nH]3)cc2)cc1. The number of nitrogens with zero attached hydrogens (tertiary/aromatic N) is 2. The number of aromatic nitrogens is 4. The quantitative estimate of drug-likeness (QED) is 0.291. The number of ether oxygens (including phenoxy) is 1. The highest BCUT2D eigenvalue weighted by atomic mass is 32.2. The van der Waals surface area contributed by atoms with Crippen LogP contribution in [0.4, 0.5) is 0 Å². The van der Waals surface area contributed by atoms with E-state index in [1.165, 1.54) is 5.56 Å². The topological polar surface area (TPSA) is 101 Å². The molecular formula is C28H22N4O3S. The van der Waals surface area contributed by atoms with E-state index in [1.54, 1.807) is 36.4 Å². The van der Waals surface area contributed by atoms with E-state index in [2.05, 4.69) is 19.9 Å². The summed E-state index contributed by atoms with van der Waals surface area (Å²) in [6.07, 6.45) is 0. The van der Waals surface area contributed by atoms with E-state index in [0.717, 1.165) is 28.4 Å². The second kappa shape index (κ2) is 8.35. The minimum Gasteiger partial charge on any atom is -0.457 e. The zero-order valence-electron chi connectivity index (χ0n) is 19.6. The molecule has 36 heavy (non-hydrogen) atoms. The van der Waals surface area contributed by atoms with E-state index in [-0.39, 0.29) is 9.79 Å². The van der Waals surface area contributed by atoms with Crippen LogP contribution in [-0.2, 0) is 9.84 Å². The maximum atomic E-state index is 13.3. The van der Waals surface area contributed by atoms with Gasteiger partial charge in [-0.3, -0.25) is 0 Å². The third-order valence-electron chi connectivity index (χ3n) is 6.03. The molecule has 0 aliphatic heterocycles. The highest BCUT2D eigenvalue weighted by molar-refractivity contribution is 7.91. The largest absolute Gasteiger partial charge is 0.457 e. The number of hydrogen-bond acceptors (Lipinski definition) is 5. The number of nitrogens with one attached hydrogen (secondary N) is 2. The summed E-state index contributed by atoms with van der Waals surface area (Å²) in [5, 5.41) is 0. The van der Waals surface area contributed by atoms with E-state index in [4.69, 9.17) is 4.74 Å². The monoisotopic (exact) mass is 494 g/mol. The highest BCUT2D eigenvalue weighted by Gasteiger charge is 2.20. The molecule has 8 heteroatoms. The summed E-state index contributed by atoms with van der Waals surface area (Å²) in [6, 6.07) is 25.3. The van der Waals surface area contributed by atoms with Crippen LogP contribution >= 0.6 is 0 Å². The van der Waals surface area contributed by atoms with E-state index in [1.807, 2.05) is 62.4 Å². The van der Waals surface area contributed by atoms with Crippen molar-refractivity contribution < 1.29 is 13.2 Å². The lowest BCUT2D eigenvalue weighted by molar-refractivity contribution is 0.482. The van der Waals surface area contributed by atoms with Crippen molar-refractivity contribution in [2.24, 2.45) is 0 Å². The third-order valence-corrected chi connectivity index (χ3v) is 7.78. The zero-order valence-corrected chi connectivity index (χ0v) is 20.4. The van der Waals surface area contributed by atoms with Gasteiger partial charge in [0.15, 0.2) is 0 Å². The Balaban J connectivity index is 1.28. The van der Waals surface area contributed by atoms with Gasteiger partial charge >= 0.3 is 0 Å². The molecule has 0 aliphatic carbocycles. The van der Waals surface area contributed by atoms with Crippen LogP contribution in [0, 0.1) is 13.8 Å². The molecule has 2 N–H and O–H groups in total. The molecule has 2 heterocycles. The Kier molecular flexibility index (Phi) is 5.12. The molecule has 0 atom stereocenters. The minimum absolute atomic E-state index is 0.197. The van der Waals surface area contributed by atoms with Crippen LogP contribution in [0.1, 0.15) is 11.4 Å². The summed E-state index contributed by atoms with van der Waals surface area (Å²) in [5.74, 6) is 2.88. The molecule has 0 unspecified atom stereocenters. The number of aromatic amines is 2. The molecule has 0 aliphatic rings. The summed E-state index contributed by atoms with van der Waals surface area (Å²) in [4.78, 5) is 15.7. The molecule has 0 radical (unpaired) electrons. The van der Waals surface area contributed by atoms with Crippen molar-refractivity contribution in [2.75, 3.05) is 0 Å². The van der Waals surface area contributed by atoms with Gasteiger partial charge in [-0.05, 0) is 86.6 Å². The molecule has 0 saturated heterocycles. The zero-order chi connectivity index (χ0) is 24.9. The predicted octanol–water partition coefficient (Wildman–Crippen LogP) is 6.35. The normalized spacial score (nSPS) is 11.8. The highest BCUT2D eigenvalue weighted by Crippen LogP contribution is 2.29. The lowest BCUT2D eigenvalue weighted by Crippen LogP contribution is -2.01. The smallest absolute Gasteiger partial charge is 0.206 e. The maximum Gasteiger partial charge on any atom is 0.206 e. The number of aryl methyl sites for hydroxylation is 2. The molecule has 6 aromatic rings. The first-order valence-electron chi connectivity index (χ1n) is 11.4. The number of rotatable bonds is 5. The Bertz CT molecular complexity index is 1830.